The lowest BCUT2D eigenvalue weighted by atomic mass is 10.2. The van der Waals surface area contributed by atoms with Crippen molar-refractivity contribution in [2.75, 3.05) is 0 Å². The summed E-state index contributed by atoms with van der Waals surface area (Å²) in [6, 6.07) is 10.3. The quantitative estimate of drug-likeness (QED) is 0.791. The van der Waals surface area contributed by atoms with Crippen molar-refractivity contribution in [2.24, 2.45) is 0 Å². The van der Waals surface area contributed by atoms with Gasteiger partial charge in [-0.1, -0.05) is 18.2 Å². The van der Waals surface area contributed by atoms with Crippen molar-refractivity contribution in [1.29, 1.82) is 0 Å². The van der Waals surface area contributed by atoms with E-state index >= 15 is 0 Å². The zero-order valence-corrected chi connectivity index (χ0v) is 11.7. The molecule has 5 heteroatoms. The van der Waals surface area contributed by atoms with Crippen LogP contribution in [0.2, 0.25) is 0 Å². The number of benzene rings is 1. The monoisotopic (exact) mass is 273 g/mol. The van der Waals surface area contributed by atoms with Crippen LogP contribution in [0.3, 0.4) is 0 Å². The summed E-state index contributed by atoms with van der Waals surface area (Å²) in [7, 11) is 0. The van der Waals surface area contributed by atoms with Crippen LogP contribution < -0.4 is 5.32 Å². The minimum absolute atomic E-state index is 0.150. The van der Waals surface area contributed by atoms with Crippen molar-refractivity contribution >= 4 is 22.3 Å². The number of furan rings is 1. The van der Waals surface area contributed by atoms with Crippen molar-refractivity contribution in [1.82, 2.24) is 15.5 Å². The number of hydrogen-bond donors (Lipinski definition) is 1. The van der Waals surface area contributed by atoms with Gasteiger partial charge in [-0.2, -0.15) is 0 Å². The molecule has 0 amide bonds. The predicted molar refractivity (Wildman–Crippen MR) is 76.1 cm³/mol. The first-order chi connectivity index (χ1) is 9.22. The van der Waals surface area contributed by atoms with Gasteiger partial charge in [-0.3, -0.25) is 0 Å². The number of hydrogen-bond acceptors (Lipinski definition) is 5. The molecule has 4 nitrogen and oxygen atoms in total. The SMILES string of the molecule is Cc1nnc(CN[C@@H](C)c2cc3ccccc3o2)s1. The molecule has 1 N–H and O–H groups in total. The second-order valence-electron chi connectivity index (χ2n) is 4.50. The molecule has 0 spiro atoms. The first kappa shape index (κ1) is 12.3. The van der Waals surface area contributed by atoms with E-state index in [2.05, 4.69) is 34.6 Å². The van der Waals surface area contributed by atoms with Crippen LogP contribution in [-0.4, -0.2) is 10.2 Å². The Morgan fingerprint density at radius 2 is 2.16 bits per heavy atom. The largest absolute Gasteiger partial charge is 0.459 e. The van der Waals surface area contributed by atoms with E-state index in [1.54, 1.807) is 11.3 Å². The van der Waals surface area contributed by atoms with E-state index in [0.717, 1.165) is 26.7 Å². The number of aromatic nitrogens is 2. The van der Waals surface area contributed by atoms with E-state index in [-0.39, 0.29) is 6.04 Å². The van der Waals surface area contributed by atoms with Gasteiger partial charge in [0, 0.05) is 5.39 Å². The fourth-order valence-electron chi connectivity index (χ4n) is 1.97. The highest BCUT2D eigenvalue weighted by Crippen LogP contribution is 2.23. The molecule has 0 saturated carbocycles. The highest BCUT2D eigenvalue weighted by Gasteiger charge is 2.11. The molecule has 2 heterocycles. The highest BCUT2D eigenvalue weighted by atomic mass is 32.1. The Bertz CT molecular complexity index is 656. The molecule has 1 aromatic carbocycles. The maximum Gasteiger partial charge on any atom is 0.134 e. The third-order valence-corrected chi connectivity index (χ3v) is 3.84. The lowest BCUT2D eigenvalue weighted by Crippen LogP contribution is -2.17. The Balaban J connectivity index is 1.71. The van der Waals surface area contributed by atoms with Crippen molar-refractivity contribution in [3.63, 3.8) is 0 Å². The number of aryl methyl sites for hydroxylation is 1. The Morgan fingerprint density at radius 3 is 2.89 bits per heavy atom. The Labute approximate surface area is 115 Å². The smallest absolute Gasteiger partial charge is 0.134 e. The summed E-state index contributed by atoms with van der Waals surface area (Å²) in [5, 5.41) is 14.6. The summed E-state index contributed by atoms with van der Waals surface area (Å²) in [6.07, 6.45) is 0. The zero-order valence-electron chi connectivity index (χ0n) is 10.9. The molecular weight excluding hydrogens is 258 g/mol. The number of para-hydroxylation sites is 1. The third-order valence-electron chi connectivity index (χ3n) is 3.00. The second kappa shape index (κ2) is 5.11. The minimum atomic E-state index is 0.150. The van der Waals surface area contributed by atoms with Crippen LogP contribution in [-0.2, 0) is 6.54 Å². The fourth-order valence-corrected chi connectivity index (χ4v) is 2.63. The van der Waals surface area contributed by atoms with Crippen LogP contribution >= 0.6 is 11.3 Å². The molecule has 3 rings (SSSR count). The van der Waals surface area contributed by atoms with E-state index in [9.17, 15) is 0 Å². The zero-order chi connectivity index (χ0) is 13.2. The average Bonchev–Trinajstić information content (AvgIpc) is 3.01. The van der Waals surface area contributed by atoms with Crippen molar-refractivity contribution < 1.29 is 4.42 Å². The first-order valence-corrected chi connectivity index (χ1v) is 7.05. The Morgan fingerprint density at radius 1 is 1.32 bits per heavy atom. The van der Waals surface area contributed by atoms with Crippen molar-refractivity contribution in [3.05, 3.63) is 46.1 Å². The molecule has 0 aliphatic heterocycles. The van der Waals surface area contributed by atoms with Gasteiger partial charge >= 0.3 is 0 Å². The van der Waals surface area contributed by atoms with Crippen LogP contribution in [0.5, 0.6) is 0 Å². The number of nitrogens with zero attached hydrogens (tertiary/aromatic N) is 2. The summed E-state index contributed by atoms with van der Waals surface area (Å²) in [4.78, 5) is 0. The highest BCUT2D eigenvalue weighted by molar-refractivity contribution is 7.11. The lowest BCUT2D eigenvalue weighted by Gasteiger charge is -2.08. The molecule has 98 valence electrons. The molecule has 0 aliphatic rings. The van der Waals surface area contributed by atoms with Crippen molar-refractivity contribution in [2.45, 2.75) is 26.4 Å². The van der Waals surface area contributed by atoms with E-state index in [4.69, 9.17) is 4.42 Å². The van der Waals surface area contributed by atoms with E-state index in [1.807, 2.05) is 25.1 Å². The summed E-state index contributed by atoms with van der Waals surface area (Å²) >= 11 is 1.61. The van der Waals surface area contributed by atoms with Gasteiger partial charge in [0.2, 0.25) is 0 Å². The van der Waals surface area contributed by atoms with Crippen LogP contribution in [0.1, 0.15) is 28.7 Å². The average molecular weight is 273 g/mol. The molecule has 1 atom stereocenters. The molecule has 0 radical (unpaired) electrons. The van der Waals surface area contributed by atoms with Gasteiger partial charge in [-0.15, -0.1) is 21.5 Å². The summed E-state index contributed by atoms with van der Waals surface area (Å²) in [5.74, 6) is 0.947. The number of fused-ring (bicyclic) bond motifs is 1. The predicted octanol–water partition coefficient (Wildman–Crippen LogP) is 3.44. The van der Waals surface area contributed by atoms with Crippen LogP contribution in [0.25, 0.3) is 11.0 Å². The normalized spacial score (nSPS) is 12.9. The topological polar surface area (TPSA) is 51.0 Å². The summed E-state index contributed by atoms with van der Waals surface area (Å²) in [6.45, 7) is 4.76. The summed E-state index contributed by atoms with van der Waals surface area (Å²) < 4.78 is 5.83. The molecule has 19 heavy (non-hydrogen) atoms. The minimum Gasteiger partial charge on any atom is -0.459 e. The molecule has 3 aromatic rings. The second-order valence-corrected chi connectivity index (χ2v) is 5.77. The van der Waals surface area contributed by atoms with Gasteiger partial charge in [-0.05, 0) is 26.0 Å². The van der Waals surface area contributed by atoms with Crippen molar-refractivity contribution in [3.8, 4) is 0 Å². The summed E-state index contributed by atoms with van der Waals surface area (Å²) in [5.41, 5.74) is 0.929. The first-order valence-electron chi connectivity index (χ1n) is 6.23. The molecule has 0 bridgehead atoms. The van der Waals surface area contributed by atoms with Crippen LogP contribution in [0, 0.1) is 6.92 Å². The fraction of sp³-hybridized carbons (Fsp3) is 0.286. The molecule has 0 fully saturated rings. The van der Waals surface area contributed by atoms with Gasteiger partial charge in [0.05, 0.1) is 12.6 Å². The lowest BCUT2D eigenvalue weighted by molar-refractivity contribution is 0.450. The van der Waals surface area contributed by atoms with Gasteiger partial charge in [-0.25, -0.2) is 0 Å². The van der Waals surface area contributed by atoms with Crippen LogP contribution in [0.15, 0.2) is 34.7 Å². The molecule has 0 saturated heterocycles. The van der Waals surface area contributed by atoms with Gasteiger partial charge in [0.15, 0.2) is 0 Å². The van der Waals surface area contributed by atoms with Gasteiger partial charge in [0.1, 0.15) is 21.4 Å². The Hall–Kier alpha value is -1.72. The van der Waals surface area contributed by atoms with E-state index < -0.39 is 0 Å². The molecule has 2 aromatic heterocycles. The van der Waals surface area contributed by atoms with Gasteiger partial charge in [0.25, 0.3) is 0 Å². The third kappa shape index (κ3) is 2.67. The van der Waals surface area contributed by atoms with Gasteiger partial charge < -0.3 is 9.73 Å². The molecular formula is C14H15N3OS. The Kier molecular flexibility index (Phi) is 3.31. The number of nitrogens with one attached hydrogen (secondary N) is 1. The van der Waals surface area contributed by atoms with Crippen LogP contribution in [0.4, 0.5) is 0 Å². The molecule has 0 unspecified atom stereocenters. The maximum atomic E-state index is 5.83. The maximum absolute atomic E-state index is 5.83. The van der Waals surface area contributed by atoms with E-state index in [0.29, 0.717) is 6.54 Å². The molecule has 0 aliphatic carbocycles. The number of rotatable bonds is 4. The van der Waals surface area contributed by atoms with E-state index in [1.165, 1.54) is 0 Å². The standard InChI is InChI=1S/C14H15N3OS/c1-9(15-8-14-17-16-10(2)19-14)13-7-11-5-3-4-6-12(11)18-13/h3-7,9,15H,8H2,1-2H3/t9-/m0/s1.